The fourth-order valence-corrected chi connectivity index (χ4v) is 2.53. The molecule has 0 spiro atoms. The number of aromatic amines is 1. The third-order valence-corrected chi connectivity index (χ3v) is 3.84. The molecule has 0 fully saturated rings. The molecule has 0 amide bonds. The molecule has 0 radical (unpaired) electrons. The van der Waals surface area contributed by atoms with Gasteiger partial charge < -0.3 is 10.2 Å². The summed E-state index contributed by atoms with van der Waals surface area (Å²) in [6.07, 6.45) is 2.95. The van der Waals surface area contributed by atoms with Crippen molar-refractivity contribution in [2.45, 2.75) is 40.0 Å². The summed E-state index contributed by atoms with van der Waals surface area (Å²) in [5.41, 5.74) is 2.82. The number of hydrogen-bond acceptors (Lipinski definition) is 4. The van der Waals surface area contributed by atoms with Crippen molar-refractivity contribution in [2.24, 2.45) is 0 Å². The van der Waals surface area contributed by atoms with Gasteiger partial charge in [0.25, 0.3) is 5.56 Å². The lowest BCUT2D eigenvalue weighted by Gasteiger charge is -2.21. The van der Waals surface area contributed by atoms with Crippen molar-refractivity contribution in [3.05, 3.63) is 46.4 Å². The predicted molar refractivity (Wildman–Crippen MR) is 96.8 cm³/mol. The van der Waals surface area contributed by atoms with E-state index in [1.54, 1.807) is 6.07 Å². The number of benzene rings is 1. The molecule has 2 N–H and O–H groups in total. The normalized spacial score (nSPS) is 10.6. The van der Waals surface area contributed by atoms with Crippen LogP contribution in [-0.4, -0.2) is 23.1 Å². The van der Waals surface area contributed by atoms with E-state index in [1.165, 1.54) is 5.69 Å². The molecular formula is C18H26N4O. The molecule has 0 saturated carbocycles. The molecule has 2 aromatic rings. The maximum atomic E-state index is 11.7. The van der Waals surface area contributed by atoms with Gasteiger partial charge in [-0.2, -0.15) is 0 Å². The van der Waals surface area contributed by atoms with Crippen molar-refractivity contribution in [1.82, 2.24) is 9.97 Å². The minimum absolute atomic E-state index is 0.117. The Bertz CT molecular complexity index is 659. The van der Waals surface area contributed by atoms with Gasteiger partial charge in [-0.25, -0.2) is 4.98 Å². The van der Waals surface area contributed by atoms with Gasteiger partial charge in [-0.05, 0) is 51.0 Å². The molecule has 124 valence electrons. The Balaban J connectivity index is 2.12. The lowest BCUT2D eigenvalue weighted by atomic mass is 10.2. The molecule has 0 saturated heterocycles. The van der Waals surface area contributed by atoms with E-state index >= 15 is 0 Å². The van der Waals surface area contributed by atoms with Crippen molar-refractivity contribution in [3.63, 3.8) is 0 Å². The number of nitrogens with one attached hydrogen (secondary N) is 2. The topological polar surface area (TPSA) is 61.0 Å². The molecule has 1 aromatic heterocycles. The first-order chi connectivity index (χ1) is 11.2. The molecule has 0 aliphatic carbocycles. The highest BCUT2D eigenvalue weighted by Crippen LogP contribution is 2.19. The summed E-state index contributed by atoms with van der Waals surface area (Å²) < 4.78 is 0. The van der Waals surface area contributed by atoms with Crippen LogP contribution in [0.5, 0.6) is 0 Å². The van der Waals surface area contributed by atoms with Crippen LogP contribution < -0.4 is 15.8 Å². The zero-order valence-electron chi connectivity index (χ0n) is 14.2. The van der Waals surface area contributed by atoms with E-state index in [4.69, 9.17) is 0 Å². The third kappa shape index (κ3) is 4.84. The van der Waals surface area contributed by atoms with Crippen LogP contribution >= 0.6 is 0 Å². The SMILES string of the molecule is CCCCc1cc(=O)[nH]c(Nc2ccc(N(CC)CC)cc2)n1. The van der Waals surface area contributed by atoms with Gasteiger partial charge in [0.15, 0.2) is 0 Å². The summed E-state index contributed by atoms with van der Waals surface area (Å²) in [6, 6.07) is 9.74. The molecule has 1 aromatic carbocycles. The Hall–Kier alpha value is -2.30. The smallest absolute Gasteiger partial charge is 0.252 e. The number of H-pyrrole nitrogens is 1. The van der Waals surface area contributed by atoms with Gasteiger partial charge in [0.1, 0.15) is 0 Å². The summed E-state index contributed by atoms with van der Waals surface area (Å²) in [5.74, 6) is 0.499. The van der Waals surface area contributed by atoms with Crippen LogP contribution in [0.25, 0.3) is 0 Å². The lowest BCUT2D eigenvalue weighted by Crippen LogP contribution is -2.21. The van der Waals surface area contributed by atoms with E-state index < -0.39 is 0 Å². The maximum Gasteiger partial charge on any atom is 0.252 e. The summed E-state index contributed by atoms with van der Waals surface area (Å²) in [7, 11) is 0. The highest BCUT2D eigenvalue weighted by Gasteiger charge is 2.04. The third-order valence-electron chi connectivity index (χ3n) is 3.84. The van der Waals surface area contributed by atoms with Crippen molar-refractivity contribution in [3.8, 4) is 0 Å². The Morgan fingerprint density at radius 1 is 1.13 bits per heavy atom. The van der Waals surface area contributed by atoms with Crippen LogP contribution in [-0.2, 0) is 6.42 Å². The van der Waals surface area contributed by atoms with Gasteiger partial charge in [0.05, 0.1) is 0 Å². The number of nitrogens with zero attached hydrogens (tertiary/aromatic N) is 2. The van der Waals surface area contributed by atoms with Gasteiger partial charge in [0.2, 0.25) is 5.95 Å². The Kier molecular flexibility index (Phi) is 6.20. The minimum atomic E-state index is -0.117. The quantitative estimate of drug-likeness (QED) is 0.780. The first-order valence-corrected chi connectivity index (χ1v) is 8.38. The zero-order valence-corrected chi connectivity index (χ0v) is 14.2. The largest absolute Gasteiger partial charge is 0.372 e. The van der Waals surface area contributed by atoms with Gasteiger partial charge in [-0.3, -0.25) is 9.78 Å². The van der Waals surface area contributed by atoms with E-state index in [2.05, 4.69) is 53.1 Å². The molecule has 0 aliphatic heterocycles. The maximum absolute atomic E-state index is 11.7. The molecule has 0 atom stereocenters. The molecule has 5 heteroatoms. The average molecular weight is 314 g/mol. The zero-order chi connectivity index (χ0) is 16.7. The number of aryl methyl sites for hydroxylation is 1. The Labute approximate surface area is 137 Å². The monoisotopic (exact) mass is 314 g/mol. The summed E-state index contributed by atoms with van der Waals surface area (Å²) >= 11 is 0. The van der Waals surface area contributed by atoms with Crippen LogP contribution in [0.2, 0.25) is 0 Å². The van der Waals surface area contributed by atoms with Crippen molar-refractivity contribution in [2.75, 3.05) is 23.3 Å². The van der Waals surface area contributed by atoms with Crippen molar-refractivity contribution >= 4 is 17.3 Å². The van der Waals surface area contributed by atoms with Crippen LogP contribution in [0.3, 0.4) is 0 Å². The number of anilines is 3. The number of rotatable bonds is 8. The molecule has 23 heavy (non-hydrogen) atoms. The van der Waals surface area contributed by atoms with Crippen molar-refractivity contribution in [1.29, 1.82) is 0 Å². The highest BCUT2D eigenvalue weighted by molar-refractivity contribution is 5.59. The Morgan fingerprint density at radius 3 is 2.43 bits per heavy atom. The average Bonchev–Trinajstić information content (AvgIpc) is 2.55. The van der Waals surface area contributed by atoms with Crippen LogP contribution in [0.15, 0.2) is 35.1 Å². The molecule has 2 rings (SSSR count). The van der Waals surface area contributed by atoms with E-state index in [0.29, 0.717) is 5.95 Å². The van der Waals surface area contributed by atoms with Gasteiger partial charge in [-0.1, -0.05) is 13.3 Å². The molecule has 0 bridgehead atoms. The van der Waals surface area contributed by atoms with E-state index in [-0.39, 0.29) is 5.56 Å². The fourth-order valence-electron chi connectivity index (χ4n) is 2.53. The number of aromatic nitrogens is 2. The predicted octanol–water partition coefficient (Wildman–Crippen LogP) is 3.70. The van der Waals surface area contributed by atoms with Gasteiger partial charge >= 0.3 is 0 Å². The molecule has 0 unspecified atom stereocenters. The lowest BCUT2D eigenvalue weighted by molar-refractivity contribution is 0.772. The van der Waals surface area contributed by atoms with E-state index in [0.717, 1.165) is 43.7 Å². The van der Waals surface area contributed by atoms with E-state index in [9.17, 15) is 4.79 Å². The summed E-state index contributed by atoms with van der Waals surface area (Å²) in [5, 5.41) is 3.18. The first kappa shape index (κ1) is 17.1. The van der Waals surface area contributed by atoms with Crippen LogP contribution in [0, 0.1) is 0 Å². The molecular weight excluding hydrogens is 288 g/mol. The molecule has 5 nitrogen and oxygen atoms in total. The summed E-state index contributed by atoms with van der Waals surface area (Å²) in [6.45, 7) is 8.39. The number of hydrogen-bond donors (Lipinski definition) is 2. The highest BCUT2D eigenvalue weighted by atomic mass is 16.1. The fraction of sp³-hybridized carbons (Fsp3) is 0.444. The second kappa shape index (κ2) is 8.36. The second-order valence-corrected chi connectivity index (χ2v) is 5.53. The standard InChI is InChI=1S/C18H26N4O/c1-4-7-8-15-13-17(23)21-18(20-15)19-14-9-11-16(12-10-14)22(5-2)6-3/h9-13H,4-8H2,1-3H3,(H2,19,20,21,23). The van der Waals surface area contributed by atoms with Gasteiger partial charge in [-0.15, -0.1) is 0 Å². The number of unbranched alkanes of at least 4 members (excludes halogenated alkanes) is 1. The Morgan fingerprint density at radius 2 is 1.83 bits per heavy atom. The van der Waals surface area contributed by atoms with Crippen LogP contribution in [0.1, 0.15) is 39.3 Å². The summed E-state index contributed by atoms with van der Waals surface area (Å²) in [4.78, 5) is 21.3. The first-order valence-electron chi connectivity index (χ1n) is 8.38. The van der Waals surface area contributed by atoms with E-state index in [1.807, 2.05) is 12.1 Å². The second-order valence-electron chi connectivity index (χ2n) is 5.53. The molecule has 0 aliphatic rings. The minimum Gasteiger partial charge on any atom is -0.372 e. The van der Waals surface area contributed by atoms with Gasteiger partial charge in [0, 0.05) is 36.2 Å². The molecule has 1 heterocycles. The van der Waals surface area contributed by atoms with Crippen LogP contribution in [0.4, 0.5) is 17.3 Å². The van der Waals surface area contributed by atoms with Crippen molar-refractivity contribution < 1.29 is 0 Å².